The molecule has 0 saturated carbocycles. The number of nitrogens with one attached hydrogen (secondary N) is 1. The van der Waals surface area contributed by atoms with Gasteiger partial charge in [0, 0.05) is 13.2 Å². The van der Waals surface area contributed by atoms with Crippen LogP contribution in [0.15, 0.2) is 24.3 Å². The SMILES string of the molecule is COc1ccc(C2CCN(CC(=O)NCC3CCCO3)CC2)cc1. The summed E-state index contributed by atoms with van der Waals surface area (Å²) in [6.07, 6.45) is 4.60. The van der Waals surface area contributed by atoms with Gasteiger partial charge in [0.05, 0.1) is 19.8 Å². The van der Waals surface area contributed by atoms with Gasteiger partial charge in [-0.25, -0.2) is 0 Å². The number of amides is 1. The molecule has 132 valence electrons. The van der Waals surface area contributed by atoms with E-state index in [4.69, 9.17) is 9.47 Å². The molecule has 2 aliphatic rings. The molecule has 1 aromatic carbocycles. The van der Waals surface area contributed by atoms with Crippen molar-refractivity contribution in [3.8, 4) is 5.75 Å². The largest absolute Gasteiger partial charge is 0.497 e. The van der Waals surface area contributed by atoms with Crippen molar-refractivity contribution in [1.82, 2.24) is 10.2 Å². The lowest BCUT2D eigenvalue weighted by atomic mass is 9.89. The van der Waals surface area contributed by atoms with E-state index in [2.05, 4.69) is 22.3 Å². The van der Waals surface area contributed by atoms with E-state index in [1.807, 2.05) is 12.1 Å². The number of nitrogens with zero attached hydrogens (tertiary/aromatic N) is 1. The van der Waals surface area contributed by atoms with E-state index >= 15 is 0 Å². The molecule has 1 unspecified atom stereocenters. The predicted octanol–water partition coefficient (Wildman–Crippen LogP) is 2.17. The first-order valence-corrected chi connectivity index (χ1v) is 8.99. The van der Waals surface area contributed by atoms with Crippen LogP contribution in [0.5, 0.6) is 5.75 Å². The van der Waals surface area contributed by atoms with Crippen molar-refractivity contribution >= 4 is 5.91 Å². The smallest absolute Gasteiger partial charge is 0.234 e. The summed E-state index contributed by atoms with van der Waals surface area (Å²) in [5.41, 5.74) is 1.37. The van der Waals surface area contributed by atoms with Crippen LogP contribution in [0.25, 0.3) is 0 Å². The van der Waals surface area contributed by atoms with Gasteiger partial charge < -0.3 is 14.8 Å². The summed E-state index contributed by atoms with van der Waals surface area (Å²) in [5.74, 6) is 1.61. The molecule has 0 aromatic heterocycles. The molecule has 2 aliphatic heterocycles. The van der Waals surface area contributed by atoms with Crippen LogP contribution in [0.1, 0.15) is 37.2 Å². The van der Waals surface area contributed by atoms with E-state index in [0.717, 1.165) is 51.1 Å². The van der Waals surface area contributed by atoms with Crippen LogP contribution in [-0.4, -0.2) is 56.8 Å². The van der Waals surface area contributed by atoms with Gasteiger partial charge >= 0.3 is 0 Å². The van der Waals surface area contributed by atoms with E-state index in [0.29, 0.717) is 19.0 Å². The van der Waals surface area contributed by atoms with Crippen molar-refractivity contribution < 1.29 is 14.3 Å². The van der Waals surface area contributed by atoms with Crippen molar-refractivity contribution in [2.45, 2.75) is 37.7 Å². The highest BCUT2D eigenvalue weighted by Gasteiger charge is 2.22. The monoisotopic (exact) mass is 332 g/mol. The molecule has 2 saturated heterocycles. The van der Waals surface area contributed by atoms with Crippen LogP contribution in [-0.2, 0) is 9.53 Å². The van der Waals surface area contributed by atoms with Crippen molar-refractivity contribution in [2.75, 3.05) is 39.9 Å². The van der Waals surface area contributed by atoms with Gasteiger partial charge in [0.1, 0.15) is 5.75 Å². The lowest BCUT2D eigenvalue weighted by Gasteiger charge is -2.31. The fourth-order valence-corrected chi connectivity index (χ4v) is 3.59. The van der Waals surface area contributed by atoms with Crippen molar-refractivity contribution in [3.63, 3.8) is 0 Å². The Morgan fingerprint density at radius 3 is 2.62 bits per heavy atom. The topological polar surface area (TPSA) is 50.8 Å². The summed E-state index contributed by atoms with van der Waals surface area (Å²) in [6, 6.07) is 8.38. The number of hydrogen-bond acceptors (Lipinski definition) is 4. The molecule has 5 heteroatoms. The standard InChI is InChI=1S/C19H28N2O3/c1-23-17-6-4-15(5-7-17)16-8-10-21(11-9-16)14-19(22)20-13-18-3-2-12-24-18/h4-7,16,18H,2-3,8-14H2,1H3,(H,20,22). The fourth-order valence-electron chi connectivity index (χ4n) is 3.59. The zero-order valence-corrected chi connectivity index (χ0v) is 14.5. The highest BCUT2D eigenvalue weighted by atomic mass is 16.5. The summed E-state index contributed by atoms with van der Waals surface area (Å²) in [5, 5.41) is 3.01. The second kappa shape index (κ2) is 8.49. The molecule has 1 aromatic rings. The lowest BCUT2D eigenvalue weighted by Crippen LogP contribution is -2.42. The third-order valence-corrected chi connectivity index (χ3v) is 5.09. The predicted molar refractivity (Wildman–Crippen MR) is 93.4 cm³/mol. The van der Waals surface area contributed by atoms with Crippen LogP contribution in [0.2, 0.25) is 0 Å². The van der Waals surface area contributed by atoms with Crippen molar-refractivity contribution in [1.29, 1.82) is 0 Å². The highest BCUT2D eigenvalue weighted by Crippen LogP contribution is 2.29. The quantitative estimate of drug-likeness (QED) is 0.867. The first-order valence-electron chi connectivity index (χ1n) is 8.99. The third kappa shape index (κ3) is 4.71. The zero-order valence-electron chi connectivity index (χ0n) is 14.5. The normalized spacial score (nSPS) is 22.5. The van der Waals surface area contributed by atoms with Gasteiger partial charge in [-0.3, -0.25) is 9.69 Å². The number of hydrogen-bond donors (Lipinski definition) is 1. The van der Waals surface area contributed by atoms with Crippen LogP contribution in [0, 0.1) is 0 Å². The molecule has 2 heterocycles. The first-order chi connectivity index (χ1) is 11.7. The summed E-state index contributed by atoms with van der Waals surface area (Å²) in [6.45, 7) is 3.94. The summed E-state index contributed by atoms with van der Waals surface area (Å²) < 4.78 is 10.8. The van der Waals surface area contributed by atoms with Gasteiger partial charge in [0.15, 0.2) is 0 Å². The second-order valence-corrected chi connectivity index (χ2v) is 6.76. The molecule has 0 bridgehead atoms. The molecule has 1 N–H and O–H groups in total. The Morgan fingerprint density at radius 2 is 2.00 bits per heavy atom. The second-order valence-electron chi connectivity index (χ2n) is 6.76. The fraction of sp³-hybridized carbons (Fsp3) is 0.632. The Balaban J connectivity index is 1.38. The van der Waals surface area contributed by atoms with Gasteiger partial charge in [0.2, 0.25) is 5.91 Å². The Bertz CT molecular complexity index is 518. The number of methoxy groups -OCH3 is 1. The highest BCUT2D eigenvalue weighted by molar-refractivity contribution is 5.78. The average molecular weight is 332 g/mol. The average Bonchev–Trinajstić information content (AvgIpc) is 3.14. The molecular formula is C19H28N2O3. The van der Waals surface area contributed by atoms with Gasteiger partial charge in [-0.1, -0.05) is 12.1 Å². The molecule has 0 spiro atoms. The minimum Gasteiger partial charge on any atom is -0.497 e. The van der Waals surface area contributed by atoms with Gasteiger partial charge in [-0.15, -0.1) is 0 Å². The Labute approximate surface area is 144 Å². The Hall–Kier alpha value is -1.59. The maximum Gasteiger partial charge on any atom is 0.234 e. The number of carbonyl (C=O) groups is 1. The Morgan fingerprint density at radius 1 is 1.25 bits per heavy atom. The van der Waals surface area contributed by atoms with Gasteiger partial charge in [-0.05, 0) is 62.4 Å². The number of benzene rings is 1. The van der Waals surface area contributed by atoms with Crippen molar-refractivity contribution in [3.05, 3.63) is 29.8 Å². The molecule has 24 heavy (non-hydrogen) atoms. The number of piperidine rings is 1. The van der Waals surface area contributed by atoms with Crippen LogP contribution < -0.4 is 10.1 Å². The minimum absolute atomic E-state index is 0.119. The Kier molecular flexibility index (Phi) is 6.10. The summed E-state index contributed by atoms with van der Waals surface area (Å²) in [4.78, 5) is 14.3. The number of carbonyl (C=O) groups excluding carboxylic acids is 1. The molecule has 1 atom stereocenters. The van der Waals surface area contributed by atoms with Crippen molar-refractivity contribution in [2.24, 2.45) is 0 Å². The van der Waals surface area contributed by atoms with Crippen LogP contribution in [0.3, 0.4) is 0 Å². The van der Waals surface area contributed by atoms with E-state index in [9.17, 15) is 4.79 Å². The maximum atomic E-state index is 12.1. The van der Waals surface area contributed by atoms with Crippen LogP contribution in [0.4, 0.5) is 0 Å². The van der Waals surface area contributed by atoms with E-state index in [-0.39, 0.29) is 12.0 Å². The number of rotatable bonds is 6. The summed E-state index contributed by atoms with van der Waals surface area (Å²) >= 11 is 0. The first kappa shape index (κ1) is 17.2. The number of likely N-dealkylation sites (tertiary alicyclic amines) is 1. The minimum atomic E-state index is 0.119. The van der Waals surface area contributed by atoms with Gasteiger partial charge in [-0.2, -0.15) is 0 Å². The molecule has 2 fully saturated rings. The zero-order chi connectivity index (χ0) is 16.8. The molecule has 0 radical (unpaired) electrons. The van der Waals surface area contributed by atoms with Crippen LogP contribution >= 0.6 is 0 Å². The molecule has 5 nitrogen and oxygen atoms in total. The van der Waals surface area contributed by atoms with E-state index < -0.39 is 0 Å². The molecule has 1 amide bonds. The maximum absolute atomic E-state index is 12.1. The number of ether oxygens (including phenoxy) is 2. The molecule has 0 aliphatic carbocycles. The van der Waals surface area contributed by atoms with E-state index in [1.165, 1.54) is 5.56 Å². The molecule has 3 rings (SSSR count). The lowest BCUT2D eigenvalue weighted by molar-refractivity contribution is -0.123. The third-order valence-electron chi connectivity index (χ3n) is 5.09. The van der Waals surface area contributed by atoms with Gasteiger partial charge in [0.25, 0.3) is 0 Å². The van der Waals surface area contributed by atoms with E-state index in [1.54, 1.807) is 7.11 Å². The molecular weight excluding hydrogens is 304 g/mol. The summed E-state index contributed by atoms with van der Waals surface area (Å²) in [7, 11) is 1.69.